The summed E-state index contributed by atoms with van der Waals surface area (Å²) in [5.41, 5.74) is 5.66. The molecule has 0 radical (unpaired) electrons. The average molecular weight is 255 g/mol. The van der Waals surface area contributed by atoms with Crippen LogP contribution in [0.1, 0.15) is 19.8 Å². The van der Waals surface area contributed by atoms with Crippen molar-refractivity contribution in [1.29, 1.82) is 0 Å². The highest BCUT2D eigenvalue weighted by atomic mass is 32.1. The summed E-state index contributed by atoms with van der Waals surface area (Å²) < 4.78 is 4.06. The van der Waals surface area contributed by atoms with E-state index in [4.69, 9.17) is 5.73 Å². The van der Waals surface area contributed by atoms with E-state index in [1.165, 1.54) is 18.0 Å². The first kappa shape index (κ1) is 12.7. The molecule has 1 unspecified atom stereocenters. The molecule has 1 saturated heterocycles. The highest BCUT2D eigenvalue weighted by molar-refractivity contribution is 7.09. The molecule has 1 fully saturated rings. The third kappa shape index (κ3) is 3.14. The van der Waals surface area contributed by atoms with Crippen LogP contribution in [0.3, 0.4) is 0 Å². The molecule has 0 amide bonds. The quantitative estimate of drug-likeness (QED) is 0.843. The summed E-state index contributed by atoms with van der Waals surface area (Å²) in [6, 6.07) is 0.650. The largest absolute Gasteiger partial charge is 0.344 e. The molecule has 1 aliphatic rings. The van der Waals surface area contributed by atoms with Crippen molar-refractivity contribution in [2.75, 3.05) is 37.6 Å². The van der Waals surface area contributed by atoms with Crippen LogP contribution in [0, 0.1) is 0 Å². The van der Waals surface area contributed by atoms with Crippen molar-refractivity contribution < 1.29 is 0 Å². The number of aromatic nitrogens is 2. The van der Waals surface area contributed by atoms with Crippen molar-refractivity contribution in [3.05, 3.63) is 6.33 Å². The summed E-state index contributed by atoms with van der Waals surface area (Å²) >= 11 is 1.48. The smallest absolute Gasteiger partial charge is 0.205 e. The fourth-order valence-electron chi connectivity index (χ4n) is 2.42. The minimum atomic E-state index is 0.650. The molecule has 1 atom stereocenters. The number of anilines is 1. The molecule has 0 aliphatic carbocycles. The van der Waals surface area contributed by atoms with Gasteiger partial charge in [-0.25, -0.2) is 4.98 Å². The monoisotopic (exact) mass is 255 g/mol. The molecule has 96 valence electrons. The molecule has 1 aromatic rings. The summed E-state index contributed by atoms with van der Waals surface area (Å²) in [6.07, 6.45) is 3.93. The van der Waals surface area contributed by atoms with Gasteiger partial charge in [0.05, 0.1) is 0 Å². The Morgan fingerprint density at radius 1 is 1.41 bits per heavy atom. The van der Waals surface area contributed by atoms with Crippen LogP contribution in [0.5, 0.6) is 0 Å². The van der Waals surface area contributed by atoms with Crippen molar-refractivity contribution in [3.8, 4) is 0 Å². The van der Waals surface area contributed by atoms with Gasteiger partial charge in [0.2, 0.25) is 5.13 Å². The van der Waals surface area contributed by atoms with Gasteiger partial charge in [-0.1, -0.05) is 6.92 Å². The van der Waals surface area contributed by atoms with E-state index < -0.39 is 0 Å². The minimum absolute atomic E-state index is 0.650. The summed E-state index contributed by atoms with van der Waals surface area (Å²) in [7, 11) is 0. The lowest BCUT2D eigenvalue weighted by Crippen LogP contribution is -2.50. The SMILES string of the molecule is CCC(CCN)N1CCN(c2ncns2)CC1. The Balaban J connectivity index is 1.85. The summed E-state index contributed by atoms with van der Waals surface area (Å²) in [5, 5.41) is 1.05. The van der Waals surface area contributed by atoms with E-state index in [0.29, 0.717) is 6.04 Å². The maximum absolute atomic E-state index is 5.66. The van der Waals surface area contributed by atoms with E-state index in [0.717, 1.165) is 44.3 Å². The zero-order chi connectivity index (χ0) is 12.1. The summed E-state index contributed by atoms with van der Waals surface area (Å²) in [6.45, 7) is 7.36. The van der Waals surface area contributed by atoms with Gasteiger partial charge >= 0.3 is 0 Å². The van der Waals surface area contributed by atoms with E-state index in [9.17, 15) is 0 Å². The minimum Gasteiger partial charge on any atom is -0.344 e. The lowest BCUT2D eigenvalue weighted by Gasteiger charge is -2.38. The maximum atomic E-state index is 5.66. The lowest BCUT2D eigenvalue weighted by molar-refractivity contribution is 0.173. The predicted octanol–water partition coefficient (Wildman–Crippen LogP) is 0.787. The van der Waals surface area contributed by atoms with Crippen molar-refractivity contribution in [2.45, 2.75) is 25.8 Å². The van der Waals surface area contributed by atoms with Gasteiger partial charge in [0.25, 0.3) is 0 Å². The third-order valence-electron chi connectivity index (χ3n) is 3.42. The first-order valence-corrected chi connectivity index (χ1v) is 7.08. The molecule has 2 rings (SSSR count). The van der Waals surface area contributed by atoms with Crippen LogP contribution in [-0.4, -0.2) is 53.0 Å². The van der Waals surface area contributed by atoms with Gasteiger partial charge in [-0.05, 0) is 19.4 Å². The molecule has 5 nitrogen and oxygen atoms in total. The van der Waals surface area contributed by atoms with Gasteiger partial charge in [0, 0.05) is 43.8 Å². The second kappa shape index (κ2) is 6.28. The molecule has 0 spiro atoms. The molecule has 0 bridgehead atoms. The van der Waals surface area contributed by atoms with Gasteiger partial charge in [0.15, 0.2) is 0 Å². The zero-order valence-electron chi connectivity index (χ0n) is 10.4. The van der Waals surface area contributed by atoms with E-state index in [-0.39, 0.29) is 0 Å². The topological polar surface area (TPSA) is 58.3 Å². The Kier molecular flexibility index (Phi) is 4.70. The van der Waals surface area contributed by atoms with Crippen LogP contribution >= 0.6 is 11.5 Å². The molecule has 0 saturated carbocycles. The molecule has 2 heterocycles. The van der Waals surface area contributed by atoms with Crippen LogP contribution in [-0.2, 0) is 0 Å². The molecule has 1 aliphatic heterocycles. The standard InChI is InChI=1S/C11H21N5S/c1-2-10(3-4-12)15-5-7-16(8-6-15)11-13-9-14-17-11/h9-10H,2-8,12H2,1H3. The van der Waals surface area contributed by atoms with E-state index in [1.54, 1.807) is 6.33 Å². The van der Waals surface area contributed by atoms with Gasteiger partial charge < -0.3 is 10.6 Å². The highest BCUT2D eigenvalue weighted by Crippen LogP contribution is 2.18. The van der Waals surface area contributed by atoms with Crippen LogP contribution in [0.2, 0.25) is 0 Å². The van der Waals surface area contributed by atoms with Crippen LogP contribution in [0.25, 0.3) is 0 Å². The fourth-order valence-corrected chi connectivity index (χ4v) is 3.00. The normalized spacial score (nSPS) is 19.5. The number of piperazine rings is 1. The first-order valence-electron chi connectivity index (χ1n) is 6.31. The zero-order valence-corrected chi connectivity index (χ0v) is 11.2. The van der Waals surface area contributed by atoms with Gasteiger partial charge in [-0.2, -0.15) is 4.37 Å². The number of rotatable bonds is 5. The predicted molar refractivity (Wildman–Crippen MR) is 71.4 cm³/mol. The Morgan fingerprint density at radius 2 is 2.18 bits per heavy atom. The van der Waals surface area contributed by atoms with Crippen LogP contribution < -0.4 is 10.6 Å². The third-order valence-corrected chi connectivity index (χ3v) is 4.15. The fraction of sp³-hybridized carbons (Fsp3) is 0.818. The van der Waals surface area contributed by atoms with Gasteiger partial charge in [-0.3, -0.25) is 4.90 Å². The van der Waals surface area contributed by atoms with Gasteiger partial charge in [0.1, 0.15) is 6.33 Å². The van der Waals surface area contributed by atoms with Crippen molar-refractivity contribution in [2.24, 2.45) is 5.73 Å². The van der Waals surface area contributed by atoms with Gasteiger partial charge in [-0.15, -0.1) is 0 Å². The van der Waals surface area contributed by atoms with E-state index in [1.807, 2.05) is 0 Å². The Bertz CT molecular complexity index is 308. The molecular formula is C11H21N5S. The highest BCUT2D eigenvalue weighted by Gasteiger charge is 2.23. The Labute approximate surface area is 107 Å². The molecule has 0 aromatic carbocycles. The number of hydrogen-bond donors (Lipinski definition) is 1. The lowest BCUT2D eigenvalue weighted by atomic mass is 10.1. The first-order chi connectivity index (χ1) is 8.35. The van der Waals surface area contributed by atoms with E-state index in [2.05, 4.69) is 26.1 Å². The Morgan fingerprint density at radius 3 is 2.71 bits per heavy atom. The van der Waals surface area contributed by atoms with Crippen molar-refractivity contribution in [1.82, 2.24) is 14.3 Å². The molecule has 1 aromatic heterocycles. The molecular weight excluding hydrogens is 234 g/mol. The number of nitrogens with zero attached hydrogens (tertiary/aromatic N) is 4. The van der Waals surface area contributed by atoms with Crippen LogP contribution in [0.15, 0.2) is 6.33 Å². The number of nitrogens with two attached hydrogens (primary N) is 1. The van der Waals surface area contributed by atoms with Crippen molar-refractivity contribution >= 4 is 16.7 Å². The molecule has 6 heteroatoms. The average Bonchev–Trinajstić information content (AvgIpc) is 2.90. The molecule has 2 N–H and O–H groups in total. The second-order valence-corrected chi connectivity index (χ2v) is 5.14. The second-order valence-electron chi connectivity index (χ2n) is 4.39. The summed E-state index contributed by atoms with van der Waals surface area (Å²) in [5.74, 6) is 0. The van der Waals surface area contributed by atoms with E-state index >= 15 is 0 Å². The summed E-state index contributed by atoms with van der Waals surface area (Å²) in [4.78, 5) is 9.14. The van der Waals surface area contributed by atoms with Crippen molar-refractivity contribution in [3.63, 3.8) is 0 Å². The van der Waals surface area contributed by atoms with Crippen LogP contribution in [0.4, 0.5) is 5.13 Å². The maximum Gasteiger partial charge on any atom is 0.205 e. The number of hydrogen-bond acceptors (Lipinski definition) is 6. The Hall–Kier alpha value is -0.720. The molecule has 17 heavy (non-hydrogen) atoms.